The van der Waals surface area contributed by atoms with E-state index in [0.717, 1.165) is 23.1 Å². The zero-order valence-corrected chi connectivity index (χ0v) is 14.2. The van der Waals surface area contributed by atoms with Crippen LogP contribution in [0.4, 0.5) is 0 Å². The van der Waals surface area contributed by atoms with Crippen LogP contribution in [-0.2, 0) is 11.4 Å². The number of nitriles is 1. The fraction of sp³-hybridized carbons (Fsp3) is 0.312. The van der Waals surface area contributed by atoms with Gasteiger partial charge in [0.25, 0.3) is 0 Å². The predicted molar refractivity (Wildman–Crippen MR) is 90.1 cm³/mol. The summed E-state index contributed by atoms with van der Waals surface area (Å²) in [5.74, 6) is 0.0485. The number of aryl methyl sites for hydroxylation is 1. The lowest BCUT2D eigenvalue weighted by Crippen LogP contribution is -2.21. The molecule has 0 aliphatic heterocycles. The number of ketones is 1. The van der Waals surface area contributed by atoms with Crippen LogP contribution < -0.4 is 4.74 Å². The fourth-order valence-electron chi connectivity index (χ4n) is 1.90. The van der Waals surface area contributed by atoms with Gasteiger partial charge in [-0.15, -0.1) is 5.10 Å². The number of benzene rings is 1. The van der Waals surface area contributed by atoms with Crippen LogP contribution >= 0.6 is 11.8 Å². The van der Waals surface area contributed by atoms with E-state index in [2.05, 4.69) is 15.2 Å². The Morgan fingerprint density at radius 3 is 2.92 bits per heavy atom. The van der Waals surface area contributed by atoms with Gasteiger partial charge in [-0.1, -0.05) is 30.0 Å². The topological polar surface area (TPSA) is 116 Å². The summed E-state index contributed by atoms with van der Waals surface area (Å²) in [5.41, 5.74) is 1.08. The Balaban J connectivity index is 1.87. The molecule has 0 aliphatic rings. The van der Waals surface area contributed by atoms with E-state index in [9.17, 15) is 4.79 Å². The van der Waals surface area contributed by atoms with E-state index in [1.54, 1.807) is 0 Å². The Bertz CT molecular complexity index is 781. The summed E-state index contributed by atoms with van der Waals surface area (Å²) in [6.45, 7) is 3.65. The highest BCUT2D eigenvalue weighted by Gasteiger charge is 2.20. The molecule has 1 aromatic carbocycles. The van der Waals surface area contributed by atoms with Crippen molar-refractivity contribution < 1.29 is 9.53 Å². The van der Waals surface area contributed by atoms with E-state index in [-0.39, 0.29) is 23.9 Å². The minimum Gasteiger partial charge on any atom is -0.485 e. The van der Waals surface area contributed by atoms with Crippen LogP contribution in [0.15, 0.2) is 29.4 Å². The van der Waals surface area contributed by atoms with Crippen LogP contribution in [0, 0.1) is 29.6 Å². The van der Waals surface area contributed by atoms with E-state index >= 15 is 0 Å². The monoisotopic (exact) mass is 343 g/mol. The van der Waals surface area contributed by atoms with Gasteiger partial charge >= 0.3 is 0 Å². The molecule has 1 aromatic heterocycles. The summed E-state index contributed by atoms with van der Waals surface area (Å²) in [5, 5.41) is 23.5. The van der Waals surface area contributed by atoms with E-state index in [1.165, 1.54) is 6.92 Å². The van der Waals surface area contributed by atoms with Crippen molar-refractivity contribution in [3.63, 3.8) is 0 Å². The molecule has 0 spiro atoms. The average molecular weight is 343 g/mol. The van der Waals surface area contributed by atoms with Crippen molar-refractivity contribution in [2.75, 3.05) is 5.75 Å². The number of thioether (sulfide) groups is 1. The van der Waals surface area contributed by atoms with Gasteiger partial charge in [0.05, 0.1) is 11.8 Å². The van der Waals surface area contributed by atoms with Crippen molar-refractivity contribution >= 4 is 23.3 Å². The Kier molecular flexibility index (Phi) is 6.09. The molecule has 2 rings (SSSR count). The second kappa shape index (κ2) is 8.26. The van der Waals surface area contributed by atoms with E-state index in [0.29, 0.717) is 11.0 Å². The number of nitrogens with zero attached hydrogens (tertiary/aromatic N) is 3. The Labute approximate surface area is 144 Å². The van der Waals surface area contributed by atoms with E-state index in [1.807, 2.05) is 37.3 Å². The molecule has 0 bridgehead atoms. The van der Waals surface area contributed by atoms with Gasteiger partial charge in [0.2, 0.25) is 5.16 Å². The summed E-state index contributed by atoms with van der Waals surface area (Å²) >= 11 is 1.13. The quantitative estimate of drug-likeness (QED) is 0.562. The summed E-state index contributed by atoms with van der Waals surface area (Å²) in [6, 6.07) is 9.50. The number of nitrogens with one attached hydrogen (secondary N) is 2. The number of hydrogen-bond acceptors (Lipinski definition) is 7. The first-order chi connectivity index (χ1) is 11.5. The highest BCUT2D eigenvalue weighted by atomic mass is 32.2. The lowest BCUT2D eigenvalue weighted by molar-refractivity contribution is -0.117. The Morgan fingerprint density at radius 2 is 2.25 bits per heavy atom. The molecule has 7 nitrogen and oxygen atoms in total. The van der Waals surface area contributed by atoms with Crippen molar-refractivity contribution in [2.24, 2.45) is 5.92 Å². The van der Waals surface area contributed by atoms with Gasteiger partial charge in [0.15, 0.2) is 11.6 Å². The second-order valence-electron chi connectivity index (χ2n) is 5.12. The van der Waals surface area contributed by atoms with Crippen LogP contribution in [-0.4, -0.2) is 32.4 Å². The van der Waals surface area contributed by atoms with Gasteiger partial charge in [0.1, 0.15) is 18.3 Å². The van der Waals surface area contributed by atoms with Gasteiger partial charge in [-0.3, -0.25) is 9.89 Å². The van der Waals surface area contributed by atoms with Crippen molar-refractivity contribution in [1.29, 1.82) is 10.7 Å². The number of para-hydroxylation sites is 1. The number of aromatic nitrogens is 3. The maximum absolute atomic E-state index is 11.9. The highest BCUT2D eigenvalue weighted by Crippen LogP contribution is 2.18. The molecule has 0 amide bonds. The fourth-order valence-corrected chi connectivity index (χ4v) is 2.62. The van der Waals surface area contributed by atoms with E-state index < -0.39 is 5.92 Å². The summed E-state index contributed by atoms with van der Waals surface area (Å²) in [6.07, 6.45) is 0. The van der Waals surface area contributed by atoms with Crippen LogP contribution in [0.5, 0.6) is 5.75 Å². The van der Waals surface area contributed by atoms with Gasteiger partial charge in [0, 0.05) is 5.71 Å². The maximum atomic E-state index is 11.9. The number of Topliss-reactive ketones (excluding diaryl/α,β-unsaturated/α-hetero) is 1. The molecule has 0 unspecified atom stereocenters. The first kappa shape index (κ1) is 17.7. The minimum atomic E-state index is -1.000. The molecule has 0 saturated carbocycles. The standard InChI is InChI=1S/C16H17N5O2S/c1-10-5-3-4-6-14(10)23-8-15-19-16(21-20-15)24-9-13(22)12(7-17)11(2)18/h3-6,12,18H,8-9H2,1-2H3,(H,19,20,21)/t12-/m1/s1. The van der Waals surface area contributed by atoms with Gasteiger partial charge in [-0.2, -0.15) is 5.26 Å². The molecule has 8 heteroatoms. The first-order valence-electron chi connectivity index (χ1n) is 7.21. The van der Waals surface area contributed by atoms with Gasteiger partial charge < -0.3 is 10.1 Å². The summed E-state index contributed by atoms with van der Waals surface area (Å²) in [7, 11) is 0. The smallest absolute Gasteiger partial charge is 0.208 e. The third kappa shape index (κ3) is 4.67. The SMILES string of the molecule is CC(=N)[C@@H](C#N)C(=O)CSc1n[nH]c(COc2ccccc2C)n1. The third-order valence-corrected chi connectivity index (χ3v) is 4.07. The third-order valence-electron chi connectivity index (χ3n) is 3.20. The lowest BCUT2D eigenvalue weighted by atomic mass is 10.0. The van der Waals surface area contributed by atoms with Crippen LogP contribution in [0.1, 0.15) is 18.3 Å². The zero-order chi connectivity index (χ0) is 17.5. The second-order valence-corrected chi connectivity index (χ2v) is 6.06. The van der Waals surface area contributed by atoms with Crippen LogP contribution in [0.25, 0.3) is 0 Å². The molecule has 1 heterocycles. The van der Waals surface area contributed by atoms with E-state index in [4.69, 9.17) is 15.4 Å². The molecular weight excluding hydrogens is 326 g/mol. The minimum absolute atomic E-state index is 0.0460. The largest absolute Gasteiger partial charge is 0.485 e. The number of H-pyrrole nitrogens is 1. The summed E-state index contributed by atoms with van der Waals surface area (Å²) in [4.78, 5) is 16.1. The van der Waals surface area contributed by atoms with Crippen LogP contribution in [0.3, 0.4) is 0 Å². The Morgan fingerprint density at radius 1 is 1.50 bits per heavy atom. The van der Waals surface area contributed by atoms with Crippen molar-refractivity contribution in [2.45, 2.75) is 25.6 Å². The average Bonchev–Trinajstić information content (AvgIpc) is 3.00. The molecule has 2 aromatic rings. The number of rotatable bonds is 8. The molecule has 0 fully saturated rings. The zero-order valence-electron chi connectivity index (χ0n) is 13.4. The number of aromatic amines is 1. The Hall–Kier alpha value is -2.66. The highest BCUT2D eigenvalue weighted by molar-refractivity contribution is 7.99. The molecule has 0 saturated heterocycles. The van der Waals surface area contributed by atoms with Crippen molar-refractivity contribution in [3.8, 4) is 11.8 Å². The molecule has 0 radical (unpaired) electrons. The molecule has 124 valence electrons. The number of carbonyl (C=O) groups excluding carboxylic acids is 1. The lowest BCUT2D eigenvalue weighted by Gasteiger charge is -2.06. The maximum Gasteiger partial charge on any atom is 0.208 e. The normalized spacial score (nSPS) is 11.5. The molecule has 1 atom stereocenters. The number of ether oxygens (including phenoxy) is 1. The van der Waals surface area contributed by atoms with Crippen LogP contribution in [0.2, 0.25) is 0 Å². The van der Waals surface area contributed by atoms with Crippen molar-refractivity contribution in [3.05, 3.63) is 35.7 Å². The molecule has 2 N–H and O–H groups in total. The van der Waals surface area contributed by atoms with Gasteiger partial charge in [-0.05, 0) is 25.5 Å². The molecule has 24 heavy (non-hydrogen) atoms. The first-order valence-corrected chi connectivity index (χ1v) is 8.19. The molecular formula is C16H17N5O2S. The van der Waals surface area contributed by atoms with Gasteiger partial charge in [-0.25, -0.2) is 4.98 Å². The number of hydrogen-bond donors (Lipinski definition) is 2. The predicted octanol–water partition coefficient (Wildman–Crippen LogP) is 2.53. The van der Waals surface area contributed by atoms with Crippen molar-refractivity contribution in [1.82, 2.24) is 15.2 Å². The number of carbonyl (C=O) groups is 1. The molecule has 0 aliphatic carbocycles. The summed E-state index contributed by atoms with van der Waals surface area (Å²) < 4.78 is 5.67.